The molecule has 2 amide bonds. The lowest BCUT2D eigenvalue weighted by molar-refractivity contribution is -0.138. The number of carbonyl (C=O) groups excluding carboxylic acids is 2. The third kappa shape index (κ3) is 5.99. The van der Waals surface area contributed by atoms with Gasteiger partial charge in [0.1, 0.15) is 15.7 Å². The van der Waals surface area contributed by atoms with Crippen molar-refractivity contribution in [2.45, 2.75) is 12.8 Å². The van der Waals surface area contributed by atoms with Crippen LogP contribution in [0.1, 0.15) is 23.2 Å². The molecule has 3 rings (SSSR count). The van der Waals surface area contributed by atoms with Gasteiger partial charge in [-0.25, -0.2) is 12.8 Å². The Hall–Kier alpha value is -2.00. The molecule has 0 saturated carbocycles. The Morgan fingerprint density at radius 1 is 1.03 bits per heavy atom. The molecule has 0 radical (unpaired) electrons. The number of piperidine rings is 1. The second kappa shape index (κ2) is 9.21. The van der Waals surface area contributed by atoms with Crippen molar-refractivity contribution in [1.82, 2.24) is 14.7 Å². The van der Waals surface area contributed by atoms with E-state index in [2.05, 4.69) is 4.90 Å². The number of amides is 2. The van der Waals surface area contributed by atoms with Crippen LogP contribution in [0, 0.1) is 11.7 Å². The van der Waals surface area contributed by atoms with Crippen LogP contribution in [0.5, 0.6) is 0 Å². The van der Waals surface area contributed by atoms with Crippen LogP contribution in [0.25, 0.3) is 0 Å². The van der Waals surface area contributed by atoms with Gasteiger partial charge in [0.25, 0.3) is 5.91 Å². The van der Waals surface area contributed by atoms with Crippen LogP contribution in [0.4, 0.5) is 4.39 Å². The van der Waals surface area contributed by atoms with E-state index < -0.39 is 9.84 Å². The fraction of sp³-hybridized carbons (Fsp3) is 0.600. The molecule has 7 nitrogen and oxygen atoms in total. The standard InChI is InChI=1S/C20H28FN3O4S/c1-29(27,28)14-13-22-9-11-23(12-10-22)20(26)17-3-2-8-24(15-17)19(25)16-4-6-18(21)7-5-16/h4-7,17H,2-3,8-15H2,1H3. The Morgan fingerprint density at radius 3 is 2.31 bits per heavy atom. The zero-order valence-electron chi connectivity index (χ0n) is 16.7. The quantitative estimate of drug-likeness (QED) is 0.700. The number of carbonyl (C=O) groups is 2. The van der Waals surface area contributed by atoms with E-state index in [0.29, 0.717) is 51.4 Å². The molecule has 0 N–H and O–H groups in total. The van der Waals surface area contributed by atoms with Gasteiger partial charge in [-0.2, -0.15) is 0 Å². The summed E-state index contributed by atoms with van der Waals surface area (Å²) in [6, 6.07) is 5.48. The maximum Gasteiger partial charge on any atom is 0.253 e. The Kier molecular flexibility index (Phi) is 6.89. The van der Waals surface area contributed by atoms with Crippen LogP contribution in [0.2, 0.25) is 0 Å². The molecular weight excluding hydrogens is 397 g/mol. The van der Waals surface area contributed by atoms with Gasteiger partial charge in [0, 0.05) is 57.6 Å². The van der Waals surface area contributed by atoms with Crippen molar-refractivity contribution in [2.24, 2.45) is 5.92 Å². The van der Waals surface area contributed by atoms with Crippen molar-refractivity contribution in [3.05, 3.63) is 35.6 Å². The van der Waals surface area contributed by atoms with Gasteiger partial charge in [0.2, 0.25) is 5.91 Å². The molecule has 2 fully saturated rings. The molecule has 1 aromatic carbocycles. The van der Waals surface area contributed by atoms with Crippen LogP contribution < -0.4 is 0 Å². The summed E-state index contributed by atoms with van der Waals surface area (Å²) in [7, 11) is -2.99. The average molecular weight is 426 g/mol. The number of likely N-dealkylation sites (tertiary alicyclic amines) is 1. The van der Waals surface area contributed by atoms with Crippen LogP contribution >= 0.6 is 0 Å². The first-order chi connectivity index (χ1) is 13.7. The SMILES string of the molecule is CS(=O)(=O)CCN1CCN(C(=O)C2CCCN(C(=O)c3ccc(F)cc3)C2)CC1. The molecule has 2 heterocycles. The van der Waals surface area contributed by atoms with Crippen molar-refractivity contribution in [2.75, 3.05) is 57.8 Å². The summed E-state index contributed by atoms with van der Waals surface area (Å²) in [5.41, 5.74) is 0.430. The van der Waals surface area contributed by atoms with Crippen molar-refractivity contribution in [3.63, 3.8) is 0 Å². The predicted octanol–water partition coefficient (Wildman–Crippen LogP) is 0.867. The lowest BCUT2D eigenvalue weighted by atomic mass is 9.95. The lowest BCUT2D eigenvalue weighted by Crippen LogP contribution is -2.53. The van der Waals surface area contributed by atoms with Gasteiger partial charge in [0.05, 0.1) is 11.7 Å². The Labute approximate surface area is 171 Å². The number of nitrogens with zero attached hydrogens (tertiary/aromatic N) is 3. The second-order valence-corrected chi connectivity index (χ2v) is 10.2. The number of hydrogen-bond acceptors (Lipinski definition) is 5. The number of benzene rings is 1. The van der Waals surface area contributed by atoms with Crippen molar-refractivity contribution in [1.29, 1.82) is 0 Å². The monoisotopic (exact) mass is 425 g/mol. The van der Waals surface area contributed by atoms with Crippen LogP contribution in [-0.4, -0.2) is 92.8 Å². The highest BCUT2D eigenvalue weighted by Crippen LogP contribution is 2.21. The average Bonchev–Trinajstić information content (AvgIpc) is 2.72. The molecular formula is C20H28FN3O4S. The van der Waals surface area contributed by atoms with E-state index in [1.807, 2.05) is 4.90 Å². The number of sulfone groups is 1. The number of halogens is 1. The van der Waals surface area contributed by atoms with E-state index in [1.54, 1.807) is 4.90 Å². The van der Waals surface area contributed by atoms with E-state index in [9.17, 15) is 22.4 Å². The van der Waals surface area contributed by atoms with Gasteiger partial charge >= 0.3 is 0 Å². The molecule has 1 aromatic rings. The molecule has 29 heavy (non-hydrogen) atoms. The van der Waals surface area contributed by atoms with Gasteiger partial charge in [-0.3, -0.25) is 14.5 Å². The van der Waals surface area contributed by atoms with Gasteiger partial charge < -0.3 is 9.80 Å². The summed E-state index contributed by atoms with van der Waals surface area (Å²) in [6.45, 7) is 3.93. The van der Waals surface area contributed by atoms with Crippen molar-refractivity contribution in [3.8, 4) is 0 Å². The minimum absolute atomic E-state index is 0.0596. The molecule has 2 aliphatic rings. The number of piperazine rings is 1. The van der Waals surface area contributed by atoms with Gasteiger partial charge in [-0.05, 0) is 37.1 Å². The first-order valence-corrected chi connectivity index (χ1v) is 12.0. The third-order valence-corrected chi connectivity index (χ3v) is 6.54. The summed E-state index contributed by atoms with van der Waals surface area (Å²) < 4.78 is 35.7. The molecule has 2 aliphatic heterocycles. The van der Waals surface area contributed by atoms with Crippen LogP contribution in [0.15, 0.2) is 24.3 Å². The largest absolute Gasteiger partial charge is 0.340 e. The summed E-state index contributed by atoms with van der Waals surface area (Å²) >= 11 is 0. The Bertz CT molecular complexity index is 836. The summed E-state index contributed by atoms with van der Waals surface area (Å²) in [5.74, 6) is -0.596. The van der Waals surface area contributed by atoms with Gasteiger partial charge in [0.15, 0.2) is 0 Å². The maximum atomic E-state index is 13.1. The van der Waals surface area contributed by atoms with Crippen molar-refractivity contribution >= 4 is 21.7 Å². The lowest BCUT2D eigenvalue weighted by Gasteiger charge is -2.39. The van der Waals surface area contributed by atoms with Gasteiger partial charge in [-0.1, -0.05) is 0 Å². The smallest absolute Gasteiger partial charge is 0.253 e. The highest BCUT2D eigenvalue weighted by atomic mass is 32.2. The second-order valence-electron chi connectivity index (χ2n) is 7.89. The molecule has 0 spiro atoms. The molecule has 1 atom stereocenters. The molecule has 160 valence electrons. The zero-order chi connectivity index (χ0) is 21.0. The van der Waals surface area contributed by atoms with Crippen molar-refractivity contribution < 1.29 is 22.4 Å². The Balaban J connectivity index is 1.52. The third-order valence-electron chi connectivity index (χ3n) is 5.61. The molecule has 1 unspecified atom stereocenters. The normalized spacial score (nSPS) is 21.2. The summed E-state index contributed by atoms with van der Waals surface area (Å²) in [4.78, 5) is 31.2. The highest BCUT2D eigenvalue weighted by Gasteiger charge is 2.33. The fourth-order valence-corrected chi connectivity index (χ4v) is 4.47. The van der Waals surface area contributed by atoms with E-state index in [1.165, 1.54) is 30.5 Å². The molecule has 2 saturated heterocycles. The van der Waals surface area contributed by atoms with Crippen LogP contribution in [0.3, 0.4) is 0 Å². The van der Waals surface area contributed by atoms with E-state index in [-0.39, 0.29) is 29.3 Å². The highest BCUT2D eigenvalue weighted by molar-refractivity contribution is 7.90. The minimum atomic E-state index is -2.99. The maximum absolute atomic E-state index is 13.1. The topological polar surface area (TPSA) is 78.0 Å². The first kappa shape index (κ1) is 21.7. The summed E-state index contributed by atoms with van der Waals surface area (Å²) in [5, 5.41) is 0. The van der Waals surface area contributed by atoms with E-state index in [4.69, 9.17) is 0 Å². The molecule has 0 aliphatic carbocycles. The van der Waals surface area contributed by atoms with E-state index in [0.717, 1.165) is 12.8 Å². The minimum Gasteiger partial charge on any atom is -0.340 e. The predicted molar refractivity (Wildman–Crippen MR) is 108 cm³/mol. The van der Waals surface area contributed by atoms with Gasteiger partial charge in [-0.15, -0.1) is 0 Å². The molecule has 0 bridgehead atoms. The summed E-state index contributed by atoms with van der Waals surface area (Å²) in [6.07, 6.45) is 2.74. The molecule has 0 aromatic heterocycles. The fourth-order valence-electron chi connectivity index (χ4n) is 3.88. The number of hydrogen-bond donors (Lipinski definition) is 0. The van der Waals surface area contributed by atoms with Crippen LogP contribution in [-0.2, 0) is 14.6 Å². The molecule has 9 heteroatoms. The number of rotatable bonds is 5. The Morgan fingerprint density at radius 2 is 1.69 bits per heavy atom. The zero-order valence-corrected chi connectivity index (χ0v) is 17.5. The first-order valence-electron chi connectivity index (χ1n) is 9.96. The van der Waals surface area contributed by atoms with E-state index >= 15 is 0 Å².